The molecule has 0 aliphatic carbocycles. The Hall–Kier alpha value is -1.55. The van der Waals surface area contributed by atoms with Gasteiger partial charge in [-0.1, -0.05) is 53.5 Å². The highest BCUT2D eigenvalue weighted by atomic mass is 35.5. The smallest absolute Gasteiger partial charge is 0.275 e. The lowest BCUT2D eigenvalue weighted by molar-refractivity contribution is -0.908. The molecule has 0 aromatic heterocycles. The van der Waals surface area contributed by atoms with Crippen molar-refractivity contribution >= 4 is 29.1 Å². The monoisotopic (exact) mass is 363 g/mol. The minimum atomic E-state index is -0.140. The first-order valence-corrected chi connectivity index (χ1v) is 8.93. The molecule has 2 aromatic rings. The number of carbonyl (C=O) groups excluding carboxylic acids is 1. The van der Waals surface area contributed by atoms with E-state index in [1.54, 1.807) is 12.1 Å². The quantitative estimate of drug-likeness (QED) is 0.860. The second-order valence-electron chi connectivity index (χ2n) is 6.33. The Balaban J connectivity index is 1.58. The first-order valence-electron chi connectivity index (χ1n) is 8.17. The van der Waals surface area contributed by atoms with E-state index in [0.717, 1.165) is 25.1 Å². The highest BCUT2D eigenvalue weighted by molar-refractivity contribution is 6.35. The number of hydrogen-bond acceptors (Lipinski definition) is 1. The van der Waals surface area contributed by atoms with Crippen LogP contribution in [-0.4, -0.2) is 19.0 Å². The molecule has 5 heteroatoms. The summed E-state index contributed by atoms with van der Waals surface area (Å²) in [7, 11) is 0. The summed E-state index contributed by atoms with van der Waals surface area (Å²) < 4.78 is 0. The van der Waals surface area contributed by atoms with Gasteiger partial charge in [0.1, 0.15) is 6.54 Å². The van der Waals surface area contributed by atoms with E-state index >= 15 is 0 Å². The maximum Gasteiger partial charge on any atom is 0.275 e. The fourth-order valence-corrected chi connectivity index (χ4v) is 3.82. The van der Waals surface area contributed by atoms with Crippen molar-refractivity contribution < 1.29 is 9.69 Å². The Morgan fingerprint density at radius 3 is 2.71 bits per heavy atom. The third-order valence-electron chi connectivity index (χ3n) is 4.52. The van der Waals surface area contributed by atoms with E-state index in [0.29, 0.717) is 16.6 Å². The van der Waals surface area contributed by atoms with Gasteiger partial charge in [-0.2, -0.15) is 0 Å². The molecule has 1 amide bonds. The van der Waals surface area contributed by atoms with E-state index in [1.807, 2.05) is 13.0 Å². The SMILES string of the molecule is C[C@H](NC(=O)C[NH+]1CCc2ccccc2C1)c1ccc(Cl)cc1Cl. The molecule has 2 N–H and O–H groups in total. The molecule has 0 bridgehead atoms. The third-order valence-corrected chi connectivity index (χ3v) is 5.09. The molecule has 1 unspecified atom stereocenters. The van der Waals surface area contributed by atoms with E-state index < -0.39 is 0 Å². The Morgan fingerprint density at radius 2 is 1.96 bits per heavy atom. The molecule has 3 rings (SSSR count). The van der Waals surface area contributed by atoms with Gasteiger partial charge in [-0.25, -0.2) is 0 Å². The normalized spacial score (nSPS) is 17.9. The van der Waals surface area contributed by atoms with Crippen molar-refractivity contribution in [2.45, 2.75) is 25.9 Å². The first kappa shape index (κ1) is 17.3. The van der Waals surface area contributed by atoms with Gasteiger partial charge in [-0.3, -0.25) is 4.79 Å². The zero-order chi connectivity index (χ0) is 17.1. The molecule has 0 fully saturated rings. The van der Waals surface area contributed by atoms with Gasteiger partial charge in [-0.05, 0) is 30.2 Å². The van der Waals surface area contributed by atoms with Crippen LogP contribution in [-0.2, 0) is 17.8 Å². The van der Waals surface area contributed by atoms with Crippen LogP contribution in [0.2, 0.25) is 10.0 Å². The molecule has 1 heterocycles. The van der Waals surface area contributed by atoms with Crippen LogP contribution < -0.4 is 10.2 Å². The number of nitrogens with one attached hydrogen (secondary N) is 2. The molecular formula is C19H21Cl2N2O+. The molecular weight excluding hydrogens is 343 g/mol. The van der Waals surface area contributed by atoms with Crippen LogP contribution in [0.5, 0.6) is 0 Å². The zero-order valence-electron chi connectivity index (χ0n) is 13.6. The summed E-state index contributed by atoms with van der Waals surface area (Å²) in [6.07, 6.45) is 1.03. The summed E-state index contributed by atoms with van der Waals surface area (Å²) in [6.45, 7) is 4.30. The van der Waals surface area contributed by atoms with Gasteiger partial charge in [-0.15, -0.1) is 0 Å². The topological polar surface area (TPSA) is 33.5 Å². The van der Waals surface area contributed by atoms with E-state index in [1.165, 1.54) is 16.0 Å². The standard InChI is InChI=1S/C19H20Cl2N2O/c1-13(17-7-6-16(20)10-18(17)21)22-19(24)12-23-9-8-14-4-2-3-5-15(14)11-23/h2-7,10,13H,8-9,11-12H2,1H3,(H,22,24)/p+1/t13-/m0/s1. The lowest BCUT2D eigenvalue weighted by Crippen LogP contribution is -3.12. The fraction of sp³-hybridized carbons (Fsp3) is 0.316. The van der Waals surface area contributed by atoms with Crippen molar-refractivity contribution in [3.8, 4) is 0 Å². The number of quaternary nitrogens is 1. The van der Waals surface area contributed by atoms with Crippen molar-refractivity contribution in [2.24, 2.45) is 0 Å². The average molecular weight is 364 g/mol. The molecule has 126 valence electrons. The maximum absolute atomic E-state index is 12.4. The van der Waals surface area contributed by atoms with Crippen LogP contribution in [0.4, 0.5) is 0 Å². The molecule has 2 aromatic carbocycles. The Morgan fingerprint density at radius 1 is 1.21 bits per heavy atom. The van der Waals surface area contributed by atoms with Crippen LogP contribution in [0.25, 0.3) is 0 Å². The molecule has 0 spiro atoms. The number of halogens is 2. The summed E-state index contributed by atoms with van der Waals surface area (Å²) in [4.78, 5) is 13.7. The number of amides is 1. The summed E-state index contributed by atoms with van der Waals surface area (Å²) in [6, 6.07) is 13.7. The number of carbonyl (C=O) groups is 1. The van der Waals surface area contributed by atoms with Gasteiger partial charge in [0.25, 0.3) is 5.91 Å². The third kappa shape index (κ3) is 4.10. The number of hydrogen-bond donors (Lipinski definition) is 2. The van der Waals surface area contributed by atoms with E-state index in [4.69, 9.17) is 23.2 Å². The second-order valence-corrected chi connectivity index (χ2v) is 7.17. The Labute approximate surface area is 152 Å². The van der Waals surface area contributed by atoms with Crippen LogP contribution in [0.1, 0.15) is 29.7 Å². The zero-order valence-corrected chi connectivity index (χ0v) is 15.1. The molecule has 0 saturated carbocycles. The molecule has 0 radical (unpaired) electrons. The predicted molar refractivity (Wildman–Crippen MR) is 97.6 cm³/mol. The minimum Gasteiger partial charge on any atom is -0.345 e. The van der Waals surface area contributed by atoms with Crippen molar-refractivity contribution in [3.05, 3.63) is 69.2 Å². The lowest BCUT2D eigenvalue weighted by Gasteiger charge is -2.26. The van der Waals surface area contributed by atoms with Crippen LogP contribution in [0.15, 0.2) is 42.5 Å². The van der Waals surface area contributed by atoms with E-state index in [2.05, 4.69) is 29.6 Å². The van der Waals surface area contributed by atoms with Gasteiger partial charge in [0.05, 0.1) is 12.6 Å². The first-order chi connectivity index (χ1) is 11.5. The lowest BCUT2D eigenvalue weighted by atomic mass is 10.00. The number of fused-ring (bicyclic) bond motifs is 1. The highest BCUT2D eigenvalue weighted by Crippen LogP contribution is 2.25. The summed E-state index contributed by atoms with van der Waals surface area (Å²) >= 11 is 12.1. The second kappa shape index (κ2) is 7.56. The maximum atomic E-state index is 12.4. The highest BCUT2D eigenvalue weighted by Gasteiger charge is 2.22. The molecule has 1 aliphatic rings. The van der Waals surface area contributed by atoms with Gasteiger partial charge in [0, 0.05) is 22.0 Å². The Kier molecular flexibility index (Phi) is 5.44. The molecule has 0 saturated heterocycles. The average Bonchev–Trinajstić information content (AvgIpc) is 2.54. The fourth-order valence-electron chi connectivity index (χ4n) is 3.24. The van der Waals surface area contributed by atoms with Crippen molar-refractivity contribution in [1.82, 2.24) is 5.32 Å². The summed E-state index contributed by atoms with van der Waals surface area (Å²) in [5.74, 6) is 0.0443. The van der Waals surface area contributed by atoms with E-state index in [9.17, 15) is 4.79 Å². The largest absolute Gasteiger partial charge is 0.345 e. The van der Waals surface area contributed by atoms with Crippen LogP contribution in [0.3, 0.4) is 0 Å². The van der Waals surface area contributed by atoms with Gasteiger partial charge < -0.3 is 10.2 Å². The minimum absolute atomic E-state index is 0.0443. The molecule has 24 heavy (non-hydrogen) atoms. The van der Waals surface area contributed by atoms with Gasteiger partial charge in [0.15, 0.2) is 6.54 Å². The molecule has 3 nitrogen and oxygen atoms in total. The van der Waals surface area contributed by atoms with Gasteiger partial charge in [0.2, 0.25) is 0 Å². The molecule has 1 aliphatic heterocycles. The van der Waals surface area contributed by atoms with Gasteiger partial charge >= 0.3 is 0 Å². The van der Waals surface area contributed by atoms with Crippen LogP contribution in [0, 0.1) is 0 Å². The van der Waals surface area contributed by atoms with Crippen molar-refractivity contribution in [2.75, 3.05) is 13.1 Å². The van der Waals surface area contributed by atoms with E-state index in [-0.39, 0.29) is 11.9 Å². The van der Waals surface area contributed by atoms with Crippen LogP contribution >= 0.6 is 23.2 Å². The van der Waals surface area contributed by atoms with Crippen molar-refractivity contribution in [1.29, 1.82) is 0 Å². The predicted octanol–water partition coefficient (Wildman–Crippen LogP) is 2.81. The van der Waals surface area contributed by atoms with Crippen molar-refractivity contribution in [3.63, 3.8) is 0 Å². The number of benzene rings is 2. The summed E-state index contributed by atoms with van der Waals surface area (Å²) in [5, 5.41) is 4.21. The Bertz CT molecular complexity index is 748. The number of rotatable bonds is 4. The molecule has 2 atom stereocenters. The summed E-state index contributed by atoms with van der Waals surface area (Å²) in [5.41, 5.74) is 3.64.